The molecule has 0 radical (unpaired) electrons. The van der Waals surface area contributed by atoms with Crippen LogP contribution in [0.25, 0.3) is 0 Å². The third kappa shape index (κ3) is 2.95. The number of hydrazine groups is 1. The Morgan fingerprint density at radius 1 is 1.47 bits per heavy atom. The molecule has 0 aliphatic rings. The van der Waals surface area contributed by atoms with Crippen molar-refractivity contribution in [2.24, 2.45) is 5.84 Å². The predicted octanol–water partition coefficient (Wildman–Crippen LogP) is 3.53. The fraction of sp³-hybridized carbons (Fsp3) is 0.250. The largest absolute Gasteiger partial charge is 0.271 e. The molecule has 2 rings (SSSR count). The maximum absolute atomic E-state index is 6.21. The van der Waals surface area contributed by atoms with E-state index in [-0.39, 0.29) is 6.04 Å². The van der Waals surface area contributed by atoms with E-state index < -0.39 is 0 Å². The van der Waals surface area contributed by atoms with Gasteiger partial charge in [0.1, 0.15) is 0 Å². The van der Waals surface area contributed by atoms with E-state index in [9.17, 15) is 0 Å². The molecule has 0 saturated carbocycles. The summed E-state index contributed by atoms with van der Waals surface area (Å²) in [6, 6.07) is 5.24. The molecule has 0 amide bonds. The lowest BCUT2D eigenvalue weighted by Crippen LogP contribution is -2.31. The Morgan fingerprint density at radius 2 is 2.21 bits per heavy atom. The number of aromatic nitrogens is 2. The van der Waals surface area contributed by atoms with E-state index in [2.05, 4.69) is 26.5 Å². The van der Waals surface area contributed by atoms with Gasteiger partial charge in [0, 0.05) is 16.0 Å². The van der Waals surface area contributed by atoms with Crippen molar-refractivity contribution >= 4 is 39.1 Å². The van der Waals surface area contributed by atoms with Gasteiger partial charge in [-0.3, -0.25) is 10.5 Å². The van der Waals surface area contributed by atoms with Crippen molar-refractivity contribution in [3.05, 3.63) is 50.2 Å². The fourth-order valence-electron chi connectivity index (χ4n) is 1.96. The molecular formula is C12H13BrCl2N4. The molecule has 0 fully saturated rings. The lowest BCUT2D eigenvalue weighted by molar-refractivity contribution is 0.542. The highest BCUT2D eigenvalue weighted by molar-refractivity contribution is 9.10. The van der Waals surface area contributed by atoms with Gasteiger partial charge in [0.15, 0.2) is 0 Å². The molecule has 4 nitrogen and oxygen atoms in total. The summed E-state index contributed by atoms with van der Waals surface area (Å²) in [4.78, 5) is 0. The van der Waals surface area contributed by atoms with Crippen molar-refractivity contribution < 1.29 is 0 Å². The van der Waals surface area contributed by atoms with Crippen LogP contribution in [0.2, 0.25) is 10.0 Å². The number of hydrogen-bond donors (Lipinski definition) is 2. The number of halogens is 3. The van der Waals surface area contributed by atoms with E-state index in [0.717, 1.165) is 15.7 Å². The molecule has 0 spiro atoms. The number of benzene rings is 1. The number of nitrogens with one attached hydrogen (secondary N) is 1. The van der Waals surface area contributed by atoms with Gasteiger partial charge in [-0.2, -0.15) is 5.10 Å². The Morgan fingerprint density at radius 3 is 2.84 bits per heavy atom. The average Bonchev–Trinajstić information content (AvgIpc) is 2.76. The van der Waals surface area contributed by atoms with Crippen molar-refractivity contribution in [3.8, 4) is 0 Å². The van der Waals surface area contributed by atoms with Crippen molar-refractivity contribution in [2.45, 2.75) is 19.5 Å². The Labute approximate surface area is 130 Å². The van der Waals surface area contributed by atoms with Gasteiger partial charge in [-0.15, -0.1) is 0 Å². The van der Waals surface area contributed by atoms with E-state index in [1.165, 1.54) is 0 Å². The molecule has 1 aromatic carbocycles. The number of rotatable bonds is 4. The normalized spacial score (nSPS) is 12.7. The summed E-state index contributed by atoms with van der Waals surface area (Å²) >= 11 is 15.8. The molecule has 0 bridgehead atoms. The van der Waals surface area contributed by atoms with Gasteiger partial charge in [0.2, 0.25) is 0 Å². The zero-order chi connectivity index (χ0) is 14.0. The van der Waals surface area contributed by atoms with Crippen molar-refractivity contribution in [1.82, 2.24) is 15.2 Å². The third-order valence-electron chi connectivity index (χ3n) is 2.84. The average molecular weight is 364 g/mol. The lowest BCUT2D eigenvalue weighted by atomic mass is 10.0. The molecule has 3 N–H and O–H groups in total. The minimum Gasteiger partial charge on any atom is -0.271 e. The van der Waals surface area contributed by atoms with Crippen LogP contribution in [0.3, 0.4) is 0 Å². The Hall–Kier alpha value is -0.590. The monoisotopic (exact) mass is 362 g/mol. The summed E-state index contributed by atoms with van der Waals surface area (Å²) in [5, 5.41) is 5.42. The number of aryl methyl sites for hydroxylation is 1. The highest BCUT2D eigenvalue weighted by atomic mass is 79.9. The first-order chi connectivity index (χ1) is 9.08. The number of hydrogen-bond acceptors (Lipinski definition) is 3. The van der Waals surface area contributed by atoms with Gasteiger partial charge in [-0.05, 0) is 30.7 Å². The summed E-state index contributed by atoms with van der Waals surface area (Å²) in [6.45, 7) is 2.70. The minimum atomic E-state index is -0.289. The van der Waals surface area contributed by atoms with Gasteiger partial charge >= 0.3 is 0 Å². The Balaban J connectivity index is 2.56. The van der Waals surface area contributed by atoms with E-state index >= 15 is 0 Å². The van der Waals surface area contributed by atoms with Crippen LogP contribution < -0.4 is 11.3 Å². The first-order valence-electron chi connectivity index (χ1n) is 5.70. The van der Waals surface area contributed by atoms with Crippen LogP contribution in [-0.4, -0.2) is 9.78 Å². The first kappa shape index (κ1) is 14.8. The molecule has 1 atom stereocenters. The van der Waals surface area contributed by atoms with Gasteiger partial charge < -0.3 is 0 Å². The van der Waals surface area contributed by atoms with Crippen LogP contribution in [0.5, 0.6) is 0 Å². The van der Waals surface area contributed by atoms with Crippen molar-refractivity contribution in [1.29, 1.82) is 0 Å². The maximum Gasteiger partial charge on any atom is 0.0904 e. The lowest BCUT2D eigenvalue weighted by Gasteiger charge is -2.20. The molecule has 1 aromatic heterocycles. The molecule has 2 aromatic rings. The summed E-state index contributed by atoms with van der Waals surface area (Å²) < 4.78 is 2.71. The zero-order valence-corrected chi connectivity index (χ0v) is 13.3. The summed E-state index contributed by atoms with van der Waals surface area (Å²) in [6.07, 6.45) is 1.61. The second kappa shape index (κ2) is 6.24. The summed E-state index contributed by atoms with van der Waals surface area (Å²) in [5.74, 6) is 5.69. The molecule has 0 aliphatic carbocycles. The standard InChI is InChI=1S/C12H13BrCl2N4/c1-2-19-12(10(15)6-17-19)11(18-16)8-5-7(14)3-4-9(8)13/h3-6,11,18H,2,16H2,1H3. The van der Waals surface area contributed by atoms with Gasteiger partial charge in [0.25, 0.3) is 0 Å². The highest BCUT2D eigenvalue weighted by Crippen LogP contribution is 2.33. The SMILES string of the molecule is CCn1ncc(Cl)c1C(NN)c1cc(Cl)ccc1Br. The Bertz CT molecular complexity index is 585. The van der Waals surface area contributed by atoms with Crippen LogP contribution in [0.4, 0.5) is 0 Å². The van der Waals surface area contributed by atoms with Crippen LogP contribution in [0.15, 0.2) is 28.9 Å². The smallest absolute Gasteiger partial charge is 0.0904 e. The summed E-state index contributed by atoms with van der Waals surface area (Å²) in [5.41, 5.74) is 4.49. The Kier molecular flexibility index (Phi) is 4.86. The second-order valence-corrected chi connectivity index (χ2v) is 5.66. The molecule has 0 saturated heterocycles. The molecular weight excluding hydrogens is 351 g/mol. The van der Waals surface area contributed by atoms with Crippen molar-refractivity contribution in [3.63, 3.8) is 0 Å². The maximum atomic E-state index is 6.21. The third-order valence-corrected chi connectivity index (χ3v) is 4.09. The van der Waals surface area contributed by atoms with E-state index in [0.29, 0.717) is 16.6 Å². The van der Waals surface area contributed by atoms with Crippen LogP contribution >= 0.6 is 39.1 Å². The predicted molar refractivity (Wildman–Crippen MR) is 81.2 cm³/mol. The number of nitrogens with zero attached hydrogens (tertiary/aromatic N) is 2. The number of nitrogens with two attached hydrogens (primary N) is 1. The zero-order valence-electron chi connectivity index (χ0n) is 10.2. The molecule has 0 aliphatic heterocycles. The molecule has 1 unspecified atom stereocenters. The van der Waals surface area contributed by atoms with Gasteiger partial charge in [-0.1, -0.05) is 39.1 Å². The minimum absolute atomic E-state index is 0.289. The molecule has 102 valence electrons. The van der Waals surface area contributed by atoms with E-state index in [4.69, 9.17) is 29.0 Å². The fourth-order valence-corrected chi connectivity index (χ4v) is 2.87. The van der Waals surface area contributed by atoms with Gasteiger partial charge in [-0.25, -0.2) is 5.43 Å². The molecule has 19 heavy (non-hydrogen) atoms. The van der Waals surface area contributed by atoms with Crippen LogP contribution in [-0.2, 0) is 6.54 Å². The highest BCUT2D eigenvalue weighted by Gasteiger charge is 2.22. The van der Waals surface area contributed by atoms with E-state index in [1.54, 1.807) is 16.9 Å². The first-order valence-corrected chi connectivity index (χ1v) is 7.25. The summed E-state index contributed by atoms with van der Waals surface area (Å²) in [7, 11) is 0. The van der Waals surface area contributed by atoms with E-state index in [1.807, 2.05) is 19.1 Å². The molecule has 1 heterocycles. The molecule has 7 heteroatoms. The van der Waals surface area contributed by atoms with Crippen LogP contribution in [0, 0.1) is 0 Å². The van der Waals surface area contributed by atoms with Gasteiger partial charge in [0.05, 0.1) is 23.0 Å². The topological polar surface area (TPSA) is 55.9 Å². The second-order valence-electron chi connectivity index (χ2n) is 3.96. The quantitative estimate of drug-likeness (QED) is 0.645. The van der Waals surface area contributed by atoms with Crippen molar-refractivity contribution in [2.75, 3.05) is 0 Å². The van der Waals surface area contributed by atoms with Crippen LogP contribution in [0.1, 0.15) is 24.2 Å².